The molecule has 1 aromatic heterocycles. The molecule has 16 heavy (non-hydrogen) atoms. The van der Waals surface area contributed by atoms with Gasteiger partial charge >= 0.3 is 0 Å². The SMILES string of the molecule is O=c1ccc(Cl)cn1Cc1ccc(F)cc1. The molecule has 2 nitrogen and oxygen atoms in total. The molecular formula is C12H9ClFNO. The Hall–Kier alpha value is -1.61. The molecule has 0 unspecified atom stereocenters. The molecule has 4 heteroatoms. The van der Waals surface area contributed by atoms with Crippen molar-refractivity contribution >= 4 is 11.6 Å². The van der Waals surface area contributed by atoms with Gasteiger partial charge in [0, 0.05) is 12.3 Å². The summed E-state index contributed by atoms with van der Waals surface area (Å²) in [5, 5.41) is 0.502. The largest absolute Gasteiger partial charge is 0.310 e. The van der Waals surface area contributed by atoms with Crippen LogP contribution in [0.3, 0.4) is 0 Å². The van der Waals surface area contributed by atoms with Gasteiger partial charge in [-0.25, -0.2) is 4.39 Å². The average Bonchev–Trinajstić information content (AvgIpc) is 2.27. The maximum atomic E-state index is 12.7. The monoisotopic (exact) mass is 237 g/mol. The molecule has 0 spiro atoms. The van der Waals surface area contributed by atoms with E-state index in [1.54, 1.807) is 24.4 Å². The lowest BCUT2D eigenvalue weighted by Gasteiger charge is -2.05. The van der Waals surface area contributed by atoms with Crippen LogP contribution in [-0.2, 0) is 6.54 Å². The fraction of sp³-hybridized carbons (Fsp3) is 0.0833. The Morgan fingerprint density at radius 3 is 2.50 bits per heavy atom. The summed E-state index contributed by atoms with van der Waals surface area (Å²) >= 11 is 5.79. The van der Waals surface area contributed by atoms with Crippen LogP contribution in [-0.4, -0.2) is 4.57 Å². The van der Waals surface area contributed by atoms with Gasteiger partial charge in [-0.15, -0.1) is 0 Å². The summed E-state index contributed by atoms with van der Waals surface area (Å²) in [6, 6.07) is 8.97. The predicted molar refractivity (Wildman–Crippen MR) is 61.2 cm³/mol. The van der Waals surface area contributed by atoms with Crippen LogP contribution < -0.4 is 5.56 Å². The Kier molecular flexibility index (Phi) is 3.06. The fourth-order valence-electron chi connectivity index (χ4n) is 1.41. The second-order valence-corrected chi connectivity index (χ2v) is 3.88. The van der Waals surface area contributed by atoms with Crippen molar-refractivity contribution in [2.45, 2.75) is 6.54 Å². The highest BCUT2D eigenvalue weighted by molar-refractivity contribution is 6.30. The van der Waals surface area contributed by atoms with Gasteiger partial charge in [0.05, 0.1) is 11.6 Å². The van der Waals surface area contributed by atoms with E-state index < -0.39 is 0 Å². The first-order valence-corrected chi connectivity index (χ1v) is 5.13. The van der Waals surface area contributed by atoms with Crippen LogP contribution in [0.15, 0.2) is 47.4 Å². The van der Waals surface area contributed by atoms with Crippen molar-refractivity contribution in [3.05, 3.63) is 69.4 Å². The highest BCUT2D eigenvalue weighted by atomic mass is 35.5. The topological polar surface area (TPSA) is 22.0 Å². The Morgan fingerprint density at radius 2 is 1.81 bits per heavy atom. The van der Waals surface area contributed by atoms with Crippen LogP contribution in [0.25, 0.3) is 0 Å². The van der Waals surface area contributed by atoms with Crippen LogP contribution in [0.5, 0.6) is 0 Å². The van der Waals surface area contributed by atoms with Crippen LogP contribution in [0, 0.1) is 5.82 Å². The zero-order valence-corrected chi connectivity index (χ0v) is 9.12. The van der Waals surface area contributed by atoms with E-state index in [4.69, 9.17) is 11.6 Å². The van der Waals surface area contributed by atoms with Crippen molar-refractivity contribution in [3.63, 3.8) is 0 Å². The summed E-state index contributed by atoms with van der Waals surface area (Å²) in [4.78, 5) is 11.5. The van der Waals surface area contributed by atoms with Gasteiger partial charge in [0.25, 0.3) is 5.56 Å². The van der Waals surface area contributed by atoms with E-state index in [-0.39, 0.29) is 11.4 Å². The zero-order valence-electron chi connectivity index (χ0n) is 8.36. The molecule has 0 atom stereocenters. The van der Waals surface area contributed by atoms with Crippen LogP contribution in [0.4, 0.5) is 4.39 Å². The van der Waals surface area contributed by atoms with Crippen LogP contribution >= 0.6 is 11.6 Å². The molecule has 2 aromatic rings. The number of benzene rings is 1. The second-order valence-electron chi connectivity index (χ2n) is 3.44. The van der Waals surface area contributed by atoms with Crippen molar-refractivity contribution in [1.82, 2.24) is 4.57 Å². The molecule has 0 radical (unpaired) electrons. The van der Waals surface area contributed by atoms with Crippen molar-refractivity contribution in [3.8, 4) is 0 Å². The maximum absolute atomic E-state index is 12.7. The molecule has 0 aliphatic rings. The Bertz CT molecular complexity index is 548. The molecule has 1 heterocycles. The number of nitrogens with zero attached hydrogens (tertiary/aromatic N) is 1. The molecule has 0 bridgehead atoms. The molecule has 2 rings (SSSR count). The van der Waals surface area contributed by atoms with E-state index in [9.17, 15) is 9.18 Å². The molecule has 0 saturated carbocycles. The first kappa shape index (κ1) is 10.9. The molecule has 0 N–H and O–H groups in total. The predicted octanol–water partition coefficient (Wildman–Crippen LogP) is 2.69. The molecule has 0 saturated heterocycles. The first-order valence-electron chi connectivity index (χ1n) is 4.75. The molecular weight excluding hydrogens is 229 g/mol. The smallest absolute Gasteiger partial charge is 0.250 e. The minimum Gasteiger partial charge on any atom is -0.310 e. The Labute approximate surface area is 96.9 Å². The lowest BCUT2D eigenvalue weighted by Crippen LogP contribution is -2.18. The third kappa shape index (κ3) is 2.49. The summed E-state index contributed by atoms with van der Waals surface area (Å²) in [6.45, 7) is 0.389. The van der Waals surface area contributed by atoms with Gasteiger partial charge in [0.1, 0.15) is 5.82 Å². The lowest BCUT2D eigenvalue weighted by molar-refractivity contribution is 0.626. The number of halogens is 2. The first-order chi connectivity index (χ1) is 7.65. The number of hydrogen-bond donors (Lipinski definition) is 0. The van der Waals surface area contributed by atoms with Gasteiger partial charge in [-0.3, -0.25) is 4.79 Å². The Balaban J connectivity index is 2.30. The minimum atomic E-state index is -0.290. The fourth-order valence-corrected chi connectivity index (χ4v) is 1.59. The minimum absolute atomic E-state index is 0.131. The zero-order chi connectivity index (χ0) is 11.5. The van der Waals surface area contributed by atoms with E-state index >= 15 is 0 Å². The molecule has 0 fully saturated rings. The van der Waals surface area contributed by atoms with Crippen LogP contribution in [0.2, 0.25) is 5.02 Å². The van der Waals surface area contributed by atoms with Crippen molar-refractivity contribution < 1.29 is 4.39 Å². The summed E-state index contributed by atoms with van der Waals surface area (Å²) in [5.41, 5.74) is 0.722. The van der Waals surface area contributed by atoms with Gasteiger partial charge < -0.3 is 4.57 Å². The number of hydrogen-bond acceptors (Lipinski definition) is 1. The van der Waals surface area contributed by atoms with E-state index in [0.717, 1.165) is 5.56 Å². The van der Waals surface area contributed by atoms with Gasteiger partial charge in [0.2, 0.25) is 0 Å². The quantitative estimate of drug-likeness (QED) is 0.787. The van der Waals surface area contributed by atoms with Crippen LogP contribution in [0.1, 0.15) is 5.56 Å². The number of rotatable bonds is 2. The van der Waals surface area contributed by atoms with Crippen molar-refractivity contribution in [2.75, 3.05) is 0 Å². The maximum Gasteiger partial charge on any atom is 0.250 e. The second kappa shape index (κ2) is 4.49. The van der Waals surface area contributed by atoms with Crippen molar-refractivity contribution in [1.29, 1.82) is 0 Å². The number of aromatic nitrogens is 1. The van der Waals surface area contributed by atoms with E-state index in [1.807, 2.05) is 0 Å². The van der Waals surface area contributed by atoms with Gasteiger partial charge in [-0.1, -0.05) is 23.7 Å². The van der Waals surface area contributed by atoms with E-state index in [1.165, 1.54) is 22.8 Å². The van der Waals surface area contributed by atoms with Gasteiger partial charge in [-0.2, -0.15) is 0 Å². The highest BCUT2D eigenvalue weighted by Gasteiger charge is 1.99. The highest BCUT2D eigenvalue weighted by Crippen LogP contribution is 2.07. The molecule has 82 valence electrons. The van der Waals surface area contributed by atoms with Gasteiger partial charge in [0.15, 0.2) is 0 Å². The molecule has 0 aliphatic heterocycles. The van der Waals surface area contributed by atoms with E-state index in [2.05, 4.69) is 0 Å². The molecule has 0 aliphatic carbocycles. The number of pyridine rings is 1. The van der Waals surface area contributed by atoms with Crippen molar-refractivity contribution in [2.24, 2.45) is 0 Å². The average molecular weight is 238 g/mol. The lowest BCUT2D eigenvalue weighted by atomic mass is 10.2. The summed E-state index contributed by atoms with van der Waals surface area (Å²) in [5.74, 6) is -0.290. The standard InChI is InChI=1S/C12H9ClFNO/c13-10-3-6-12(16)15(8-10)7-9-1-4-11(14)5-2-9/h1-6,8H,7H2. The molecule has 1 aromatic carbocycles. The summed E-state index contributed by atoms with van der Waals surface area (Å²) in [6.07, 6.45) is 1.56. The Morgan fingerprint density at radius 1 is 1.12 bits per heavy atom. The normalized spacial score (nSPS) is 10.4. The van der Waals surface area contributed by atoms with Gasteiger partial charge in [-0.05, 0) is 23.8 Å². The summed E-state index contributed by atoms with van der Waals surface area (Å²) < 4.78 is 14.2. The third-order valence-corrected chi connectivity index (χ3v) is 2.44. The summed E-state index contributed by atoms with van der Waals surface area (Å²) in [7, 11) is 0. The van der Waals surface area contributed by atoms with E-state index in [0.29, 0.717) is 11.6 Å². The third-order valence-electron chi connectivity index (χ3n) is 2.21. The molecule has 0 amide bonds.